The second-order valence-corrected chi connectivity index (χ2v) is 7.15. The summed E-state index contributed by atoms with van der Waals surface area (Å²) in [6, 6.07) is -0.0524. The number of carbonyl (C=O) groups excluding carboxylic acids is 1. The highest BCUT2D eigenvalue weighted by Gasteiger charge is 2.30. The van der Waals surface area contributed by atoms with Crippen molar-refractivity contribution in [1.29, 1.82) is 0 Å². The van der Waals surface area contributed by atoms with Gasteiger partial charge in [-0.2, -0.15) is 0 Å². The minimum atomic E-state index is -0.234. The van der Waals surface area contributed by atoms with E-state index in [4.69, 9.17) is 10.5 Å². The molecule has 0 bridgehead atoms. The molecular formula is C14H28N2O2. The van der Waals surface area contributed by atoms with Gasteiger partial charge >= 0.3 is 0 Å². The minimum Gasteiger partial charge on any atom is -0.372 e. The van der Waals surface area contributed by atoms with Crippen LogP contribution in [0.4, 0.5) is 0 Å². The van der Waals surface area contributed by atoms with Crippen molar-refractivity contribution in [2.24, 2.45) is 11.1 Å². The third-order valence-electron chi connectivity index (χ3n) is 3.09. The maximum absolute atomic E-state index is 12.2. The molecule has 1 atom stereocenters. The van der Waals surface area contributed by atoms with Crippen molar-refractivity contribution in [2.45, 2.75) is 59.1 Å². The van der Waals surface area contributed by atoms with E-state index in [9.17, 15) is 4.79 Å². The molecule has 0 radical (unpaired) electrons. The number of carbonyl (C=O) groups is 1. The Kier molecular flexibility index (Phi) is 4.78. The average Bonchev–Trinajstić information content (AvgIpc) is 2.12. The zero-order chi connectivity index (χ0) is 14.0. The summed E-state index contributed by atoms with van der Waals surface area (Å²) in [6.45, 7) is 12.4. The Morgan fingerprint density at radius 2 is 2.06 bits per heavy atom. The predicted octanol–water partition coefficient (Wildman–Crippen LogP) is 1.78. The van der Waals surface area contributed by atoms with Crippen molar-refractivity contribution in [2.75, 3.05) is 19.7 Å². The van der Waals surface area contributed by atoms with Gasteiger partial charge in [-0.25, -0.2) is 0 Å². The lowest BCUT2D eigenvalue weighted by molar-refractivity contribution is -0.146. The van der Waals surface area contributed by atoms with Crippen LogP contribution in [-0.4, -0.2) is 42.1 Å². The smallest absolute Gasteiger partial charge is 0.224 e. The molecule has 1 aliphatic rings. The number of amides is 1. The first kappa shape index (κ1) is 15.4. The Labute approximate surface area is 111 Å². The zero-order valence-corrected chi connectivity index (χ0v) is 12.5. The molecule has 1 rings (SSSR count). The number of hydrogen-bond donors (Lipinski definition) is 1. The van der Waals surface area contributed by atoms with Crippen molar-refractivity contribution in [3.8, 4) is 0 Å². The number of rotatable bonds is 3. The topological polar surface area (TPSA) is 55.6 Å². The minimum absolute atomic E-state index is 0.0524. The largest absolute Gasteiger partial charge is 0.372 e. The molecule has 0 spiro atoms. The number of morpholine rings is 1. The molecule has 1 saturated heterocycles. The van der Waals surface area contributed by atoms with Crippen LogP contribution in [0.2, 0.25) is 0 Å². The van der Waals surface area contributed by atoms with Gasteiger partial charge in [-0.05, 0) is 25.7 Å². The van der Waals surface area contributed by atoms with Gasteiger partial charge in [-0.1, -0.05) is 20.8 Å². The molecule has 1 fully saturated rings. The summed E-state index contributed by atoms with van der Waals surface area (Å²) in [4.78, 5) is 14.1. The molecule has 1 amide bonds. The lowest BCUT2D eigenvalue weighted by Gasteiger charge is -2.38. The van der Waals surface area contributed by atoms with Crippen LogP contribution in [0.25, 0.3) is 0 Å². The number of hydrogen-bond acceptors (Lipinski definition) is 3. The van der Waals surface area contributed by atoms with E-state index in [1.54, 1.807) is 0 Å². The van der Waals surface area contributed by atoms with Gasteiger partial charge in [0.15, 0.2) is 0 Å². The third kappa shape index (κ3) is 5.36. The Bertz CT molecular complexity index is 295. The first-order valence-corrected chi connectivity index (χ1v) is 6.76. The van der Waals surface area contributed by atoms with Crippen LogP contribution in [0, 0.1) is 5.41 Å². The molecule has 0 aromatic heterocycles. The maximum atomic E-state index is 12.2. The summed E-state index contributed by atoms with van der Waals surface area (Å²) in [7, 11) is 0. The van der Waals surface area contributed by atoms with E-state index in [1.807, 2.05) is 18.7 Å². The molecule has 1 heterocycles. The van der Waals surface area contributed by atoms with Gasteiger partial charge in [0.05, 0.1) is 12.2 Å². The molecule has 1 aliphatic heterocycles. The molecule has 2 N–H and O–H groups in total. The summed E-state index contributed by atoms with van der Waals surface area (Å²) in [6.07, 6.45) is 1.31. The summed E-state index contributed by atoms with van der Waals surface area (Å²) >= 11 is 0. The molecular weight excluding hydrogens is 228 g/mol. The zero-order valence-electron chi connectivity index (χ0n) is 12.5. The molecule has 4 nitrogen and oxygen atoms in total. The number of nitrogens with zero attached hydrogens (tertiary/aromatic N) is 1. The van der Waals surface area contributed by atoms with Gasteiger partial charge < -0.3 is 15.4 Å². The normalized spacial score (nSPS) is 21.8. The van der Waals surface area contributed by atoms with E-state index in [2.05, 4.69) is 20.8 Å². The maximum Gasteiger partial charge on any atom is 0.224 e. The number of nitrogens with two attached hydrogens (primary N) is 1. The van der Waals surface area contributed by atoms with Gasteiger partial charge in [0.25, 0.3) is 0 Å². The van der Waals surface area contributed by atoms with Crippen molar-refractivity contribution >= 4 is 5.91 Å². The predicted molar refractivity (Wildman–Crippen MR) is 73.3 cm³/mol. The van der Waals surface area contributed by atoms with E-state index in [0.717, 1.165) is 6.42 Å². The highest BCUT2D eigenvalue weighted by molar-refractivity contribution is 5.77. The Morgan fingerprint density at radius 1 is 1.44 bits per heavy atom. The van der Waals surface area contributed by atoms with Gasteiger partial charge in [-0.3, -0.25) is 4.79 Å². The summed E-state index contributed by atoms with van der Waals surface area (Å²) in [5.74, 6) is 0.156. The molecule has 0 aromatic carbocycles. The quantitative estimate of drug-likeness (QED) is 0.837. The fourth-order valence-corrected chi connectivity index (χ4v) is 2.44. The van der Waals surface area contributed by atoms with Crippen LogP contribution in [0.1, 0.15) is 47.5 Å². The van der Waals surface area contributed by atoms with Crippen LogP contribution in [0.3, 0.4) is 0 Å². The van der Waals surface area contributed by atoms with E-state index in [-0.39, 0.29) is 23.0 Å². The van der Waals surface area contributed by atoms with E-state index in [0.29, 0.717) is 26.1 Å². The third-order valence-corrected chi connectivity index (χ3v) is 3.09. The van der Waals surface area contributed by atoms with Crippen molar-refractivity contribution in [3.05, 3.63) is 0 Å². The van der Waals surface area contributed by atoms with Gasteiger partial charge in [-0.15, -0.1) is 0 Å². The van der Waals surface area contributed by atoms with Gasteiger partial charge in [0.2, 0.25) is 5.91 Å². The van der Waals surface area contributed by atoms with Crippen molar-refractivity contribution in [1.82, 2.24) is 4.90 Å². The summed E-state index contributed by atoms with van der Waals surface area (Å²) < 4.78 is 5.61. The monoisotopic (exact) mass is 256 g/mol. The molecule has 0 aromatic rings. The summed E-state index contributed by atoms with van der Waals surface area (Å²) in [5, 5.41) is 0. The SMILES string of the molecule is CC(C)(C)CC(N)CC(=O)N1CCOC(C)(C)C1. The van der Waals surface area contributed by atoms with Crippen LogP contribution in [-0.2, 0) is 9.53 Å². The van der Waals surface area contributed by atoms with Crippen LogP contribution < -0.4 is 5.73 Å². The Morgan fingerprint density at radius 3 is 2.56 bits per heavy atom. The van der Waals surface area contributed by atoms with Gasteiger partial charge in [0.1, 0.15) is 0 Å². The lowest BCUT2D eigenvalue weighted by Crippen LogP contribution is -2.51. The Balaban J connectivity index is 2.45. The summed E-state index contributed by atoms with van der Waals surface area (Å²) in [5.41, 5.74) is 5.99. The fraction of sp³-hybridized carbons (Fsp3) is 0.929. The van der Waals surface area contributed by atoms with E-state index in [1.165, 1.54) is 0 Å². The fourth-order valence-electron chi connectivity index (χ4n) is 2.44. The van der Waals surface area contributed by atoms with E-state index >= 15 is 0 Å². The highest BCUT2D eigenvalue weighted by Crippen LogP contribution is 2.22. The molecule has 0 saturated carbocycles. The molecule has 106 valence electrons. The standard InChI is InChI=1S/C14H28N2O2/c1-13(2,3)9-11(15)8-12(17)16-6-7-18-14(4,5)10-16/h11H,6-10,15H2,1-5H3. The Hall–Kier alpha value is -0.610. The van der Waals surface area contributed by atoms with Crippen LogP contribution in [0.15, 0.2) is 0 Å². The molecule has 18 heavy (non-hydrogen) atoms. The molecule has 0 aliphatic carbocycles. The van der Waals surface area contributed by atoms with Crippen molar-refractivity contribution < 1.29 is 9.53 Å². The lowest BCUT2D eigenvalue weighted by atomic mass is 9.87. The van der Waals surface area contributed by atoms with E-state index < -0.39 is 0 Å². The van der Waals surface area contributed by atoms with Crippen LogP contribution in [0.5, 0.6) is 0 Å². The average molecular weight is 256 g/mol. The highest BCUT2D eigenvalue weighted by atomic mass is 16.5. The molecule has 1 unspecified atom stereocenters. The first-order valence-electron chi connectivity index (χ1n) is 6.76. The first-order chi connectivity index (χ1) is 8.09. The second kappa shape index (κ2) is 5.57. The van der Waals surface area contributed by atoms with Gasteiger partial charge in [0, 0.05) is 25.6 Å². The second-order valence-electron chi connectivity index (χ2n) is 7.15. The molecule has 4 heteroatoms. The van der Waals surface area contributed by atoms with Crippen LogP contribution >= 0.6 is 0 Å². The van der Waals surface area contributed by atoms with Crippen molar-refractivity contribution in [3.63, 3.8) is 0 Å². The number of ether oxygens (including phenoxy) is 1.